The van der Waals surface area contributed by atoms with Crippen molar-refractivity contribution in [3.05, 3.63) is 29.8 Å². The lowest BCUT2D eigenvalue weighted by molar-refractivity contribution is -0.263. The summed E-state index contributed by atoms with van der Waals surface area (Å²) in [5, 5.41) is 48.0. The van der Waals surface area contributed by atoms with E-state index in [0.29, 0.717) is 10.8 Å². The molecule has 3 amide bonds. The fourth-order valence-corrected chi connectivity index (χ4v) is 3.05. The molecule has 6 atom stereocenters. The van der Waals surface area contributed by atoms with Crippen LogP contribution in [0.25, 0.3) is 0 Å². The molecule has 1 saturated heterocycles. The van der Waals surface area contributed by atoms with Gasteiger partial charge in [0.25, 0.3) is 17.6 Å². The number of nitrogens with zero attached hydrogens (tertiary/aromatic N) is 3. The predicted octanol–water partition coefficient (Wildman–Crippen LogP) is -3.10. The zero-order chi connectivity index (χ0) is 23.6. The van der Waals surface area contributed by atoms with Crippen molar-refractivity contribution in [1.82, 2.24) is 10.3 Å². The molecule has 1 aromatic rings. The number of ketones is 1. The summed E-state index contributed by atoms with van der Waals surface area (Å²) in [5.41, 5.74) is 0.0774. The van der Waals surface area contributed by atoms with E-state index in [1.165, 1.54) is 31.4 Å². The highest BCUT2D eigenvalue weighted by molar-refractivity contribution is 6.43. The molecule has 6 unspecified atom stereocenters. The molecule has 0 aromatic heterocycles. The maximum absolute atomic E-state index is 12.4. The van der Waals surface area contributed by atoms with Gasteiger partial charge in [0.15, 0.2) is 6.23 Å². The molecule has 1 aromatic carbocycles. The van der Waals surface area contributed by atoms with Gasteiger partial charge in [-0.05, 0) is 24.3 Å². The largest absolute Gasteiger partial charge is 0.497 e. The Labute approximate surface area is 180 Å². The molecule has 14 heteroatoms. The van der Waals surface area contributed by atoms with Crippen molar-refractivity contribution in [3.63, 3.8) is 0 Å². The summed E-state index contributed by atoms with van der Waals surface area (Å²) in [6.45, 7) is -0.771. The zero-order valence-corrected chi connectivity index (χ0v) is 16.6. The summed E-state index contributed by atoms with van der Waals surface area (Å²) >= 11 is 0. The second-order valence-corrected chi connectivity index (χ2v) is 6.89. The molecule has 0 saturated carbocycles. The van der Waals surface area contributed by atoms with E-state index in [4.69, 9.17) is 9.47 Å². The van der Waals surface area contributed by atoms with E-state index in [1.807, 2.05) is 5.32 Å². The van der Waals surface area contributed by atoms with Crippen LogP contribution in [0.15, 0.2) is 34.6 Å². The minimum absolute atomic E-state index is 0.0774. The third kappa shape index (κ3) is 4.35. The summed E-state index contributed by atoms with van der Waals surface area (Å²) in [7, 11) is 1.43. The van der Waals surface area contributed by atoms with Crippen molar-refractivity contribution in [2.24, 2.45) is 10.3 Å². The number of nitrogens with one attached hydrogen (secondary N) is 1. The predicted molar refractivity (Wildman–Crippen MR) is 99.7 cm³/mol. The zero-order valence-electron chi connectivity index (χ0n) is 16.6. The van der Waals surface area contributed by atoms with Crippen molar-refractivity contribution in [2.75, 3.05) is 13.7 Å². The van der Waals surface area contributed by atoms with Gasteiger partial charge in [0, 0.05) is 5.56 Å². The number of carbonyl (C=O) groups is 4. The van der Waals surface area contributed by atoms with Gasteiger partial charge in [-0.3, -0.25) is 24.5 Å². The molecule has 5 N–H and O–H groups in total. The van der Waals surface area contributed by atoms with Gasteiger partial charge in [-0.25, -0.2) is 0 Å². The Bertz CT molecular complexity index is 934. The Kier molecular flexibility index (Phi) is 6.90. The van der Waals surface area contributed by atoms with Gasteiger partial charge in [0.05, 0.1) is 13.7 Å². The van der Waals surface area contributed by atoms with Crippen LogP contribution in [0.4, 0.5) is 0 Å². The highest BCUT2D eigenvalue weighted by Crippen LogP contribution is 2.26. The van der Waals surface area contributed by atoms with Crippen LogP contribution in [0, 0.1) is 0 Å². The molecule has 32 heavy (non-hydrogen) atoms. The number of Topliss-reactive ketones (excluding diaryl/α,β-unsaturated/α-hetero) is 1. The molecule has 3 rings (SSSR count). The molecule has 0 spiro atoms. The maximum atomic E-state index is 12.4. The highest BCUT2D eigenvalue weighted by Gasteiger charge is 2.51. The fourth-order valence-electron chi connectivity index (χ4n) is 3.05. The van der Waals surface area contributed by atoms with Crippen molar-refractivity contribution < 1.29 is 49.1 Å². The summed E-state index contributed by atoms with van der Waals surface area (Å²) in [6.07, 6.45) is -8.55. The van der Waals surface area contributed by atoms with Crippen LogP contribution in [0.1, 0.15) is 10.4 Å². The smallest absolute Gasteiger partial charge is 0.316 e. The van der Waals surface area contributed by atoms with E-state index >= 15 is 0 Å². The van der Waals surface area contributed by atoms with E-state index < -0.39 is 66.8 Å². The molecule has 2 aliphatic heterocycles. The average Bonchev–Trinajstić information content (AvgIpc) is 2.79. The van der Waals surface area contributed by atoms with Gasteiger partial charge in [0.2, 0.25) is 6.04 Å². The van der Waals surface area contributed by atoms with E-state index in [9.17, 15) is 39.6 Å². The lowest BCUT2D eigenvalue weighted by Crippen LogP contribution is -2.64. The van der Waals surface area contributed by atoms with Crippen LogP contribution in [-0.2, 0) is 19.1 Å². The Morgan fingerprint density at radius 3 is 2.38 bits per heavy atom. The van der Waals surface area contributed by atoms with Crippen LogP contribution in [0.3, 0.4) is 0 Å². The average molecular weight is 452 g/mol. The van der Waals surface area contributed by atoms with Gasteiger partial charge in [-0.2, -0.15) is 5.01 Å². The van der Waals surface area contributed by atoms with Crippen LogP contribution in [0.5, 0.6) is 5.75 Å². The maximum Gasteiger partial charge on any atom is 0.316 e. The van der Waals surface area contributed by atoms with Gasteiger partial charge < -0.3 is 29.9 Å². The van der Waals surface area contributed by atoms with E-state index in [-0.39, 0.29) is 5.56 Å². The minimum Gasteiger partial charge on any atom is -0.497 e. The SMILES string of the molecule is COc1ccc(C(=O)NC(=O)C2N=NN(C3OC(CO)C(O)C(O)C3O)C(=O)C2=O)cc1. The number of ether oxygens (including phenoxy) is 2. The van der Waals surface area contributed by atoms with E-state index in [0.717, 1.165) is 0 Å². The Balaban J connectivity index is 1.72. The fraction of sp³-hybridized carbons (Fsp3) is 0.444. The van der Waals surface area contributed by atoms with Gasteiger partial charge in [-0.15, -0.1) is 5.11 Å². The number of aliphatic hydroxyl groups is 4. The standard InChI is InChI=1S/C18H20N4O10/c1-31-8-4-2-7(3-5-8)15(28)19-16(29)10-12(25)17(30)22(21-20-10)18-14(27)13(26)11(24)9(6-23)32-18/h2-5,9-11,13-14,18,23-24,26-27H,6H2,1H3,(H,19,28,29). The van der Waals surface area contributed by atoms with E-state index in [1.54, 1.807) is 0 Å². The molecule has 0 aliphatic carbocycles. The number of amides is 3. The molecule has 0 bridgehead atoms. The van der Waals surface area contributed by atoms with Crippen molar-refractivity contribution in [3.8, 4) is 5.75 Å². The lowest BCUT2D eigenvalue weighted by Gasteiger charge is -2.42. The van der Waals surface area contributed by atoms with Crippen LogP contribution >= 0.6 is 0 Å². The van der Waals surface area contributed by atoms with Crippen molar-refractivity contribution in [1.29, 1.82) is 0 Å². The first-order chi connectivity index (χ1) is 15.2. The summed E-state index contributed by atoms with van der Waals surface area (Å²) in [4.78, 5) is 49.3. The third-order valence-corrected chi connectivity index (χ3v) is 4.88. The molecule has 1 fully saturated rings. The van der Waals surface area contributed by atoms with Crippen LogP contribution < -0.4 is 10.1 Å². The Hall–Kier alpha value is -3.30. The number of methoxy groups -OCH3 is 1. The summed E-state index contributed by atoms with van der Waals surface area (Å²) in [5.74, 6) is -4.38. The van der Waals surface area contributed by atoms with Crippen LogP contribution in [0.2, 0.25) is 0 Å². The van der Waals surface area contributed by atoms with Gasteiger partial charge >= 0.3 is 5.91 Å². The van der Waals surface area contributed by atoms with Crippen molar-refractivity contribution >= 4 is 23.5 Å². The number of hydrogen-bond acceptors (Lipinski definition) is 12. The Morgan fingerprint density at radius 1 is 1.12 bits per heavy atom. The number of carbonyl (C=O) groups excluding carboxylic acids is 4. The number of hydrogen-bond donors (Lipinski definition) is 5. The first-order valence-electron chi connectivity index (χ1n) is 9.27. The number of benzene rings is 1. The Morgan fingerprint density at radius 2 is 1.78 bits per heavy atom. The lowest BCUT2D eigenvalue weighted by atomic mass is 9.98. The third-order valence-electron chi connectivity index (χ3n) is 4.88. The second kappa shape index (κ2) is 9.46. The first kappa shape index (κ1) is 23.4. The summed E-state index contributed by atoms with van der Waals surface area (Å²) in [6, 6.07) is 3.74. The van der Waals surface area contributed by atoms with Gasteiger partial charge in [0.1, 0.15) is 30.2 Å². The molecule has 14 nitrogen and oxygen atoms in total. The molecule has 0 radical (unpaired) electrons. The minimum atomic E-state index is -1.97. The number of rotatable bonds is 5. The second-order valence-electron chi connectivity index (χ2n) is 6.89. The summed E-state index contributed by atoms with van der Waals surface area (Å²) < 4.78 is 10.1. The quantitative estimate of drug-likeness (QED) is 0.173. The molecule has 2 aliphatic rings. The number of aliphatic hydroxyl groups excluding tert-OH is 4. The highest BCUT2D eigenvalue weighted by atomic mass is 16.6. The monoisotopic (exact) mass is 452 g/mol. The van der Waals surface area contributed by atoms with Gasteiger partial charge in [-0.1, -0.05) is 5.22 Å². The van der Waals surface area contributed by atoms with Crippen molar-refractivity contribution in [2.45, 2.75) is 36.7 Å². The number of imide groups is 1. The molecule has 2 heterocycles. The van der Waals surface area contributed by atoms with Crippen LogP contribution in [-0.4, -0.2) is 99.3 Å². The first-order valence-corrected chi connectivity index (χ1v) is 9.27. The molecular formula is C18H20N4O10. The molecule has 172 valence electrons. The normalized spacial score (nSPS) is 30.2. The topological polar surface area (TPSA) is 208 Å². The van der Waals surface area contributed by atoms with E-state index in [2.05, 4.69) is 10.3 Å². The molecular weight excluding hydrogens is 432 g/mol.